The van der Waals surface area contributed by atoms with Gasteiger partial charge >= 0.3 is 6.18 Å². The summed E-state index contributed by atoms with van der Waals surface area (Å²) in [7, 11) is 0. The lowest BCUT2D eigenvalue weighted by Crippen LogP contribution is -2.35. The van der Waals surface area contributed by atoms with Crippen molar-refractivity contribution < 1.29 is 17.6 Å². The van der Waals surface area contributed by atoms with Crippen molar-refractivity contribution in [2.45, 2.75) is 39.4 Å². The van der Waals surface area contributed by atoms with E-state index in [1.54, 1.807) is 6.07 Å². The summed E-state index contributed by atoms with van der Waals surface area (Å²) in [6, 6.07) is 16.9. The summed E-state index contributed by atoms with van der Waals surface area (Å²) in [4.78, 5) is 5.99. The van der Waals surface area contributed by atoms with Crippen LogP contribution in [0.25, 0.3) is 0 Å². The van der Waals surface area contributed by atoms with Crippen LogP contribution in [0.15, 0.2) is 65.7 Å². The number of rotatable bonds is 13. The number of aryl methyl sites for hydroxylation is 2. The lowest BCUT2D eigenvalue weighted by molar-refractivity contribution is -0.137. The molecule has 3 rings (SSSR count). The summed E-state index contributed by atoms with van der Waals surface area (Å²) in [6.07, 6.45) is -2.85. The van der Waals surface area contributed by atoms with Crippen molar-refractivity contribution in [3.05, 3.63) is 88.7 Å². The van der Waals surface area contributed by atoms with Crippen LogP contribution in [0.2, 0.25) is 0 Å². The van der Waals surface area contributed by atoms with E-state index in [0.717, 1.165) is 29.3 Å². The average Bonchev–Trinajstić information content (AvgIpc) is 2.89. The minimum absolute atomic E-state index is 0.250. The Morgan fingerprint density at radius 2 is 1.65 bits per heavy atom. The van der Waals surface area contributed by atoms with E-state index in [9.17, 15) is 17.6 Å². The minimum Gasteiger partial charge on any atom is -0.383 e. The van der Waals surface area contributed by atoms with Gasteiger partial charge in [-0.05, 0) is 66.6 Å². The Labute approximate surface area is 216 Å². The largest absolute Gasteiger partial charge is 0.416 e. The molecule has 0 aliphatic rings. The third kappa shape index (κ3) is 7.79. The van der Waals surface area contributed by atoms with E-state index in [4.69, 9.17) is 0 Å². The highest BCUT2D eigenvalue weighted by molar-refractivity contribution is 5.55. The van der Waals surface area contributed by atoms with Crippen LogP contribution >= 0.6 is 0 Å². The molecule has 8 heteroatoms. The van der Waals surface area contributed by atoms with Gasteiger partial charge in [-0.1, -0.05) is 44.2 Å². The van der Waals surface area contributed by atoms with E-state index in [1.165, 1.54) is 23.8 Å². The van der Waals surface area contributed by atoms with E-state index in [1.807, 2.05) is 25.1 Å². The summed E-state index contributed by atoms with van der Waals surface area (Å²) in [6.45, 7) is 10.3. The number of nitrogens with zero attached hydrogens (tertiary/aromatic N) is 2. The van der Waals surface area contributed by atoms with Crippen LogP contribution in [0.1, 0.15) is 36.1 Å². The summed E-state index contributed by atoms with van der Waals surface area (Å²) < 4.78 is 53.7. The number of aliphatic imine (C=N–C) groups is 1. The van der Waals surface area contributed by atoms with Crippen molar-refractivity contribution in [3.63, 3.8) is 0 Å². The fourth-order valence-electron chi connectivity index (χ4n) is 4.21. The van der Waals surface area contributed by atoms with Crippen LogP contribution in [0.5, 0.6) is 0 Å². The Hall–Kier alpha value is -3.39. The van der Waals surface area contributed by atoms with Crippen molar-refractivity contribution in [1.29, 1.82) is 0 Å². The monoisotopic (exact) mass is 514 g/mol. The molecule has 0 bridgehead atoms. The molecule has 0 aromatic heterocycles. The van der Waals surface area contributed by atoms with Gasteiger partial charge in [-0.3, -0.25) is 4.99 Å². The smallest absolute Gasteiger partial charge is 0.383 e. The van der Waals surface area contributed by atoms with Crippen molar-refractivity contribution in [1.82, 2.24) is 5.32 Å². The molecule has 0 fully saturated rings. The third-order valence-corrected chi connectivity index (χ3v) is 6.30. The van der Waals surface area contributed by atoms with E-state index in [2.05, 4.69) is 46.3 Å². The van der Waals surface area contributed by atoms with Crippen LogP contribution in [0.3, 0.4) is 0 Å². The first-order valence-electron chi connectivity index (χ1n) is 12.5. The number of halogens is 4. The Morgan fingerprint density at radius 3 is 2.35 bits per heavy atom. The van der Waals surface area contributed by atoms with Gasteiger partial charge in [-0.2, -0.15) is 13.2 Å². The zero-order chi connectivity index (χ0) is 26.8. The zero-order valence-electron chi connectivity index (χ0n) is 21.3. The minimum atomic E-state index is -4.39. The topological polar surface area (TPSA) is 39.7 Å². The van der Waals surface area contributed by atoms with Crippen molar-refractivity contribution in [2.75, 3.05) is 36.4 Å². The number of hydrogen-bond donors (Lipinski definition) is 2. The van der Waals surface area contributed by atoms with E-state index in [-0.39, 0.29) is 5.69 Å². The molecular formula is C29H34F4N4. The molecule has 0 saturated carbocycles. The second-order valence-corrected chi connectivity index (χ2v) is 8.74. The van der Waals surface area contributed by atoms with Crippen LogP contribution in [-0.4, -0.2) is 32.9 Å². The molecule has 0 aliphatic heterocycles. The Bertz CT molecular complexity index is 1180. The predicted octanol–water partition coefficient (Wildman–Crippen LogP) is 7.01. The number of nitrogens with one attached hydrogen (secondary N) is 2. The van der Waals surface area contributed by atoms with Gasteiger partial charge in [0.25, 0.3) is 0 Å². The molecule has 3 aromatic rings. The average molecular weight is 515 g/mol. The molecule has 2 N–H and O–H groups in total. The number of anilines is 2. The zero-order valence-corrected chi connectivity index (χ0v) is 21.3. The number of hydrogen-bond acceptors (Lipinski definition) is 4. The fourth-order valence-corrected chi connectivity index (χ4v) is 4.21. The number of alkyl halides is 3. The molecule has 0 saturated heterocycles. The maximum absolute atomic E-state index is 14.0. The van der Waals surface area contributed by atoms with Gasteiger partial charge in [0.1, 0.15) is 11.5 Å². The molecule has 0 radical (unpaired) electrons. The first-order valence-corrected chi connectivity index (χ1v) is 12.5. The maximum atomic E-state index is 14.0. The molecule has 0 spiro atoms. The fraction of sp³-hybridized carbons (Fsp3) is 0.345. The van der Waals surface area contributed by atoms with Crippen molar-refractivity contribution >= 4 is 23.8 Å². The molecular weight excluding hydrogens is 480 g/mol. The van der Waals surface area contributed by atoms with Crippen LogP contribution in [-0.2, 0) is 25.6 Å². The predicted molar refractivity (Wildman–Crippen MR) is 145 cm³/mol. The molecule has 198 valence electrons. The van der Waals surface area contributed by atoms with E-state index in [0.29, 0.717) is 44.8 Å². The van der Waals surface area contributed by atoms with Gasteiger partial charge in [0.2, 0.25) is 0 Å². The SMILES string of the molecule is C=Nc1c(F)cccc1CNCCN(CCNc1cc(C(F)(F)F)ccc1CC)c1cccc(CC)c1. The van der Waals surface area contributed by atoms with Gasteiger partial charge in [0.15, 0.2) is 0 Å². The summed E-state index contributed by atoms with van der Waals surface area (Å²) in [5.41, 5.74) is 3.92. The second-order valence-electron chi connectivity index (χ2n) is 8.74. The Kier molecular flexibility index (Phi) is 10.1. The second kappa shape index (κ2) is 13.2. The first kappa shape index (κ1) is 28.2. The molecule has 0 atom stereocenters. The first-order chi connectivity index (χ1) is 17.8. The highest BCUT2D eigenvalue weighted by Crippen LogP contribution is 2.32. The Morgan fingerprint density at radius 1 is 0.892 bits per heavy atom. The number of para-hydroxylation sites is 1. The third-order valence-electron chi connectivity index (χ3n) is 6.30. The highest BCUT2D eigenvalue weighted by Gasteiger charge is 2.30. The molecule has 0 amide bonds. The maximum Gasteiger partial charge on any atom is 0.416 e. The standard InChI is InChI=1S/C29H34F4N4/c1-4-21-8-6-10-25(18-21)37(16-14-35-20-23-9-7-11-26(30)28(23)34-3)17-15-36-27-19-24(29(31,32)33)13-12-22(27)5-2/h6-13,18-19,35-36H,3-5,14-17,20H2,1-2H3. The molecule has 0 unspecified atom stereocenters. The van der Waals surface area contributed by atoms with Crippen LogP contribution < -0.4 is 15.5 Å². The van der Waals surface area contributed by atoms with Gasteiger partial charge in [-0.15, -0.1) is 0 Å². The lowest BCUT2D eigenvalue weighted by atomic mass is 10.1. The molecule has 37 heavy (non-hydrogen) atoms. The normalized spacial score (nSPS) is 11.4. The molecule has 0 aliphatic carbocycles. The molecule has 4 nitrogen and oxygen atoms in total. The molecule has 0 heterocycles. The van der Waals surface area contributed by atoms with E-state index < -0.39 is 17.6 Å². The van der Waals surface area contributed by atoms with E-state index >= 15 is 0 Å². The van der Waals surface area contributed by atoms with Gasteiger partial charge in [0.05, 0.1) is 5.56 Å². The Balaban J connectivity index is 1.68. The van der Waals surface area contributed by atoms with Gasteiger partial charge in [0, 0.05) is 44.1 Å². The van der Waals surface area contributed by atoms with Gasteiger partial charge < -0.3 is 15.5 Å². The summed E-state index contributed by atoms with van der Waals surface area (Å²) in [5, 5.41) is 6.56. The van der Waals surface area contributed by atoms with Crippen LogP contribution in [0.4, 0.5) is 34.6 Å². The van der Waals surface area contributed by atoms with Crippen molar-refractivity contribution in [2.24, 2.45) is 4.99 Å². The van der Waals surface area contributed by atoms with Crippen LogP contribution in [0, 0.1) is 5.82 Å². The number of benzene rings is 3. The summed E-state index contributed by atoms with van der Waals surface area (Å²) >= 11 is 0. The van der Waals surface area contributed by atoms with Crippen molar-refractivity contribution in [3.8, 4) is 0 Å². The van der Waals surface area contributed by atoms with Gasteiger partial charge in [-0.25, -0.2) is 4.39 Å². The summed E-state index contributed by atoms with van der Waals surface area (Å²) in [5.74, 6) is -0.403. The lowest BCUT2D eigenvalue weighted by Gasteiger charge is -2.26. The highest BCUT2D eigenvalue weighted by atomic mass is 19.4. The quantitative estimate of drug-likeness (QED) is 0.146. The molecule has 3 aromatic carbocycles.